The third-order valence-electron chi connectivity index (χ3n) is 5.04. The van der Waals surface area contributed by atoms with Gasteiger partial charge in [0.1, 0.15) is 25.3 Å². The van der Waals surface area contributed by atoms with Crippen molar-refractivity contribution in [2.75, 3.05) is 17.6 Å². The van der Waals surface area contributed by atoms with Crippen LogP contribution in [0.2, 0.25) is 0 Å². The molecule has 39 heavy (non-hydrogen) atoms. The highest BCUT2D eigenvalue weighted by Gasteiger charge is 2.28. The minimum Gasteiger partial charge on any atom is -0.480 e. The summed E-state index contributed by atoms with van der Waals surface area (Å²) in [6, 6.07) is 9.03. The number of nitrogens with zero attached hydrogens (tertiary/aromatic N) is 5. The summed E-state index contributed by atoms with van der Waals surface area (Å²) in [4.78, 5) is 62.1. The molecule has 15 heteroatoms. The maximum atomic E-state index is 13.1. The van der Waals surface area contributed by atoms with Crippen molar-refractivity contribution in [1.82, 2.24) is 24.4 Å². The quantitative estimate of drug-likeness (QED) is 0.209. The zero-order valence-corrected chi connectivity index (χ0v) is 21.7. The van der Waals surface area contributed by atoms with E-state index in [0.717, 1.165) is 10.5 Å². The van der Waals surface area contributed by atoms with E-state index in [1.165, 1.54) is 10.9 Å². The average Bonchev–Trinajstić information content (AvgIpc) is 3.22. The predicted octanol–water partition coefficient (Wildman–Crippen LogP) is 1.09. The van der Waals surface area contributed by atoms with Crippen molar-refractivity contribution in [2.24, 2.45) is 5.73 Å². The molecule has 2 amide bonds. The van der Waals surface area contributed by atoms with E-state index in [4.69, 9.17) is 20.9 Å². The predicted molar refractivity (Wildman–Crippen MR) is 138 cm³/mol. The van der Waals surface area contributed by atoms with Crippen LogP contribution >= 0.6 is 0 Å². The molecule has 1 aromatic carbocycles. The first-order chi connectivity index (χ1) is 18.3. The summed E-state index contributed by atoms with van der Waals surface area (Å²) in [5.41, 5.74) is 12.0. The lowest BCUT2D eigenvalue weighted by atomic mass is 10.2. The zero-order chi connectivity index (χ0) is 28.7. The van der Waals surface area contributed by atoms with Gasteiger partial charge in [-0.15, -0.1) is 0 Å². The molecule has 0 aliphatic heterocycles. The fourth-order valence-electron chi connectivity index (χ4n) is 3.46. The van der Waals surface area contributed by atoms with E-state index in [1.807, 2.05) is 6.07 Å². The van der Waals surface area contributed by atoms with Crippen molar-refractivity contribution in [3.63, 3.8) is 0 Å². The fourth-order valence-corrected chi connectivity index (χ4v) is 3.46. The van der Waals surface area contributed by atoms with Crippen molar-refractivity contribution in [3.8, 4) is 0 Å². The average molecular weight is 543 g/mol. The number of hydrogen-bond acceptors (Lipinski definition) is 11. The second-order valence-electron chi connectivity index (χ2n) is 9.44. The van der Waals surface area contributed by atoms with Gasteiger partial charge in [-0.2, -0.15) is 9.97 Å². The number of benzene rings is 1. The Morgan fingerprint density at radius 2 is 1.85 bits per heavy atom. The number of ether oxygens (including phenoxy) is 2. The van der Waals surface area contributed by atoms with Crippen molar-refractivity contribution < 1.29 is 33.8 Å². The molecule has 0 saturated heterocycles. The summed E-state index contributed by atoms with van der Waals surface area (Å²) in [6.45, 7) is 3.82. The van der Waals surface area contributed by atoms with Crippen molar-refractivity contribution >= 4 is 46.9 Å². The van der Waals surface area contributed by atoms with Gasteiger partial charge in [-0.1, -0.05) is 30.3 Å². The lowest BCUT2D eigenvalue weighted by Gasteiger charge is -2.28. The molecule has 1 unspecified atom stereocenters. The molecular weight excluding hydrogens is 512 g/mol. The highest BCUT2D eigenvalue weighted by Crippen LogP contribution is 2.21. The molecule has 0 aliphatic rings. The second kappa shape index (κ2) is 12.2. The standard InChI is InChI=1S/C24H30N8O7/c1-24(2,3)39-18(36)9-15(25)32(11-17(34)35)16(33)10-31-13-27-19-20(28-22(26)30-21(19)31)29-23(37)38-12-14-7-5-4-6-8-14/h4-8,13,15H,9-12,25H2,1-3H3,(H,34,35)(H3,26,28,29,30,37). The Morgan fingerprint density at radius 1 is 1.15 bits per heavy atom. The van der Waals surface area contributed by atoms with E-state index in [1.54, 1.807) is 45.0 Å². The number of carboxylic acid groups (broad SMARTS) is 1. The number of esters is 1. The Morgan fingerprint density at radius 3 is 2.49 bits per heavy atom. The number of nitrogen functional groups attached to an aromatic ring is 1. The zero-order valence-electron chi connectivity index (χ0n) is 21.7. The van der Waals surface area contributed by atoms with Crippen LogP contribution in [0, 0.1) is 0 Å². The van der Waals surface area contributed by atoms with Crippen LogP contribution in [-0.4, -0.2) is 71.8 Å². The van der Waals surface area contributed by atoms with Gasteiger partial charge in [-0.3, -0.25) is 19.7 Å². The van der Waals surface area contributed by atoms with Gasteiger partial charge in [0.05, 0.1) is 18.9 Å². The van der Waals surface area contributed by atoms with Gasteiger partial charge in [-0.05, 0) is 26.3 Å². The molecule has 2 aromatic heterocycles. The van der Waals surface area contributed by atoms with E-state index in [-0.39, 0.29) is 29.5 Å². The number of carbonyl (C=O) groups excluding carboxylic acids is 3. The highest BCUT2D eigenvalue weighted by atomic mass is 16.6. The first-order valence-electron chi connectivity index (χ1n) is 11.8. The largest absolute Gasteiger partial charge is 0.480 e. The topological polar surface area (TPSA) is 218 Å². The molecular formula is C24H30N8O7. The number of nitrogens with one attached hydrogen (secondary N) is 1. The Labute approximate surface area is 223 Å². The minimum absolute atomic E-state index is 0.0162. The Kier molecular flexibility index (Phi) is 8.98. The summed E-state index contributed by atoms with van der Waals surface area (Å²) >= 11 is 0. The van der Waals surface area contributed by atoms with Crippen LogP contribution in [-0.2, 0) is 37.0 Å². The third kappa shape index (κ3) is 8.36. The number of carbonyl (C=O) groups is 4. The number of fused-ring (bicyclic) bond motifs is 1. The summed E-state index contributed by atoms with van der Waals surface area (Å²) < 4.78 is 11.7. The van der Waals surface area contributed by atoms with Crippen molar-refractivity contribution in [2.45, 2.75) is 52.1 Å². The van der Waals surface area contributed by atoms with E-state index in [0.29, 0.717) is 0 Å². The SMILES string of the molecule is CC(C)(C)OC(=O)CC(N)N(CC(=O)O)C(=O)Cn1cnc2c(NC(=O)OCc3ccccc3)nc(N)nc21. The molecule has 2 heterocycles. The van der Waals surface area contributed by atoms with Crippen molar-refractivity contribution in [3.05, 3.63) is 42.2 Å². The number of amides is 2. The normalized spacial score (nSPS) is 12.0. The summed E-state index contributed by atoms with van der Waals surface area (Å²) in [5.74, 6) is -3.03. The Bertz CT molecular complexity index is 1350. The maximum absolute atomic E-state index is 13.1. The minimum atomic E-state index is -1.33. The lowest BCUT2D eigenvalue weighted by Crippen LogP contribution is -2.50. The number of hydrogen-bond donors (Lipinski definition) is 4. The van der Waals surface area contributed by atoms with Crippen LogP contribution in [0.1, 0.15) is 32.8 Å². The van der Waals surface area contributed by atoms with Gasteiger partial charge in [-0.25, -0.2) is 9.78 Å². The Hall–Kier alpha value is -4.79. The first-order valence-corrected chi connectivity index (χ1v) is 11.8. The van der Waals surface area contributed by atoms with Crippen LogP contribution in [0.3, 0.4) is 0 Å². The summed E-state index contributed by atoms with van der Waals surface area (Å²) in [5, 5.41) is 11.8. The molecule has 208 valence electrons. The number of imidazole rings is 1. The van der Waals surface area contributed by atoms with Crippen LogP contribution in [0.25, 0.3) is 11.2 Å². The molecule has 0 fully saturated rings. The second-order valence-corrected chi connectivity index (χ2v) is 9.44. The van der Waals surface area contributed by atoms with Gasteiger partial charge in [0.25, 0.3) is 0 Å². The van der Waals surface area contributed by atoms with E-state index < -0.39 is 55.2 Å². The van der Waals surface area contributed by atoms with Crippen LogP contribution in [0.5, 0.6) is 0 Å². The fraction of sp³-hybridized carbons (Fsp3) is 0.375. The Balaban J connectivity index is 1.75. The molecule has 0 bridgehead atoms. The monoisotopic (exact) mass is 542 g/mol. The molecule has 1 atom stereocenters. The number of carboxylic acids is 1. The number of anilines is 2. The van der Waals surface area contributed by atoms with Crippen molar-refractivity contribution in [1.29, 1.82) is 0 Å². The van der Waals surface area contributed by atoms with Gasteiger partial charge in [0.15, 0.2) is 17.0 Å². The molecule has 0 saturated carbocycles. The molecule has 3 aromatic rings. The molecule has 6 N–H and O–H groups in total. The summed E-state index contributed by atoms with van der Waals surface area (Å²) in [7, 11) is 0. The molecule has 15 nitrogen and oxygen atoms in total. The van der Waals surface area contributed by atoms with E-state index in [9.17, 15) is 24.3 Å². The molecule has 0 spiro atoms. The van der Waals surface area contributed by atoms with E-state index in [2.05, 4.69) is 20.3 Å². The van der Waals surface area contributed by atoms with Crippen LogP contribution in [0.4, 0.5) is 16.6 Å². The van der Waals surface area contributed by atoms with Gasteiger partial charge in [0, 0.05) is 0 Å². The number of nitrogens with two attached hydrogens (primary N) is 2. The molecule has 0 radical (unpaired) electrons. The molecule has 3 rings (SSSR count). The molecule has 0 aliphatic carbocycles. The van der Waals surface area contributed by atoms with E-state index >= 15 is 0 Å². The van der Waals surface area contributed by atoms with Crippen LogP contribution in [0.15, 0.2) is 36.7 Å². The maximum Gasteiger partial charge on any atom is 0.413 e. The van der Waals surface area contributed by atoms with Crippen LogP contribution < -0.4 is 16.8 Å². The van der Waals surface area contributed by atoms with Gasteiger partial charge in [0.2, 0.25) is 11.9 Å². The number of aliphatic carboxylic acids is 1. The number of aromatic nitrogens is 4. The smallest absolute Gasteiger partial charge is 0.413 e. The third-order valence-corrected chi connectivity index (χ3v) is 5.04. The summed E-state index contributed by atoms with van der Waals surface area (Å²) in [6.07, 6.45) is -1.26. The highest BCUT2D eigenvalue weighted by molar-refractivity contribution is 5.94. The van der Waals surface area contributed by atoms with Gasteiger partial charge >= 0.3 is 18.0 Å². The first kappa shape index (κ1) is 28.8. The lowest BCUT2D eigenvalue weighted by molar-refractivity contribution is -0.158. The number of rotatable bonds is 10. The van der Waals surface area contributed by atoms with Gasteiger partial charge < -0.3 is 35.5 Å².